The van der Waals surface area contributed by atoms with Crippen molar-refractivity contribution in [3.05, 3.63) is 23.0 Å². The summed E-state index contributed by atoms with van der Waals surface area (Å²) in [5, 5.41) is 0. The number of Topliss-reactive ketones (excluding diaryl/α,β-unsaturated/α-hetero) is 1. The van der Waals surface area contributed by atoms with Crippen LogP contribution >= 0.6 is 0 Å². The van der Waals surface area contributed by atoms with Crippen molar-refractivity contribution < 1.29 is 9.53 Å². The summed E-state index contributed by atoms with van der Waals surface area (Å²) in [7, 11) is 0. The smallest absolute Gasteiger partial charge is 0.164 e. The van der Waals surface area contributed by atoms with Crippen molar-refractivity contribution in [1.82, 2.24) is 4.57 Å². The van der Waals surface area contributed by atoms with Gasteiger partial charge in [0.05, 0.1) is 0 Å². The second kappa shape index (κ2) is 6.38. The van der Waals surface area contributed by atoms with Crippen LogP contribution in [0, 0.1) is 12.8 Å². The quantitative estimate of drug-likeness (QED) is 0.737. The van der Waals surface area contributed by atoms with E-state index in [0.717, 1.165) is 44.6 Å². The standard InChI is InChI=1S/C16H25NO2/c1-12(2)11-19-9-5-8-17-13(3)10-14-15(17)6-4-7-16(14)18/h10,12H,4-9,11H2,1-3H3. The van der Waals surface area contributed by atoms with E-state index in [1.165, 1.54) is 11.4 Å². The Balaban J connectivity index is 1.92. The third kappa shape index (κ3) is 3.47. The predicted octanol–water partition coefficient (Wildman–Crippen LogP) is 3.38. The summed E-state index contributed by atoms with van der Waals surface area (Å²) >= 11 is 0. The van der Waals surface area contributed by atoms with Crippen LogP contribution in [-0.4, -0.2) is 23.6 Å². The molecule has 1 aliphatic carbocycles. The summed E-state index contributed by atoms with van der Waals surface area (Å²) in [6.07, 6.45) is 3.78. The van der Waals surface area contributed by atoms with Gasteiger partial charge >= 0.3 is 0 Å². The summed E-state index contributed by atoms with van der Waals surface area (Å²) in [4.78, 5) is 11.9. The van der Waals surface area contributed by atoms with E-state index in [1.54, 1.807) is 0 Å². The first-order valence-electron chi connectivity index (χ1n) is 7.39. The highest BCUT2D eigenvalue weighted by Gasteiger charge is 2.22. The van der Waals surface area contributed by atoms with Crippen molar-refractivity contribution >= 4 is 5.78 Å². The summed E-state index contributed by atoms with van der Waals surface area (Å²) in [5.41, 5.74) is 3.42. The minimum absolute atomic E-state index is 0.319. The van der Waals surface area contributed by atoms with E-state index in [0.29, 0.717) is 18.1 Å². The molecule has 1 aliphatic rings. The Morgan fingerprint density at radius 3 is 2.89 bits per heavy atom. The summed E-state index contributed by atoms with van der Waals surface area (Å²) in [6, 6.07) is 2.06. The minimum Gasteiger partial charge on any atom is -0.381 e. The molecule has 0 spiro atoms. The second-order valence-electron chi connectivity index (χ2n) is 5.90. The average molecular weight is 263 g/mol. The van der Waals surface area contributed by atoms with Crippen LogP contribution in [0.3, 0.4) is 0 Å². The third-order valence-corrected chi connectivity index (χ3v) is 3.66. The predicted molar refractivity (Wildman–Crippen MR) is 76.7 cm³/mol. The van der Waals surface area contributed by atoms with E-state index in [1.807, 2.05) is 0 Å². The van der Waals surface area contributed by atoms with Gasteiger partial charge < -0.3 is 9.30 Å². The molecule has 3 heteroatoms. The van der Waals surface area contributed by atoms with Gasteiger partial charge in [0.1, 0.15) is 0 Å². The maximum atomic E-state index is 11.9. The van der Waals surface area contributed by atoms with Crippen LogP contribution in [0.5, 0.6) is 0 Å². The van der Waals surface area contributed by atoms with Gasteiger partial charge in [0.2, 0.25) is 0 Å². The Bertz CT molecular complexity index is 446. The van der Waals surface area contributed by atoms with Crippen molar-refractivity contribution in [2.45, 2.75) is 53.0 Å². The fourth-order valence-corrected chi connectivity index (χ4v) is 2.75. The lowest BCUT2D eigenvalue weighted by Crippen LogP contribution is -2.14. The molecule has 0 amide bonds. The molecule has 3 nitrogen and oxygen atoms in total. The van der Waals surface area contributed by atoms with Crippen molar-refractivity contribution in [3.63, 3.8) is 0 Å². The Labute approximate surface area is 115 Å². The number of carbonyl (C=O) groups is 1. The highest BCUT2D eigenvalue weighted by Crippen LogP contribution is 2.25. The number of hydrogen-bond acceptors (Lipinski definition) is 2. The lowest BCUT2D eigenvalue weighted by atomic mass is 9.96. The van der Waals surface area contributed by atoms with Gasteiger partial charge in [-0.05, 0) is 38.2 Å². The fraction of sp³-hybridized carbons (Fsp3) is 0.688. The third-order valence-electron chi connectivity index (χ3n) is 3.66. The monoisotopic (exact) mass is 263 g/mol. The zero-order valence-electron chi connectivity index (χ0n) is 12.4. The number of ether oxygens (including phenoxy) is 1. The number of fused-ring (bicyclic) bond motifs is 1. The lowest BCUT2D eigenvalue weighted by molar-refractivity contribution is 0.0971. The van der Waals surface area contributed by atoms with E-state index in [9.17, 15) is 4.79 Å². The lowest BCUT2D eigenvalue weighted by Gasteiger charge is -2.16. The van der Waals surface area contributed by atoms with E-state index in [2.05, 4.69) is 31.4 Å². The van der Waals surface area contributed by atoms with E-state index in [4.69, 9.17) is 4.74 Å². The molecular formula is C16H25NO2. The van der Waals surface area contributed by atoms with Crippen LogP contribution < -0.4 is 0 Å². The molecule has 0 atom stereocenters. The minimum atomic E-state index is 0.319. The van der Waals surface area contributed by atoms with Gasteiger partial charge in [-0.2, -0.15) is 0 Å². The number of carbonyl (C=O) groups excluding carboxylic acids is 1. The Morgan fingerprint density at radius 2 is 2.16 bits per heavy atom. The maximum Gasteiger partial charge on any atom is 0.164 e. The number of aryl methyl sites for hydroxylation is 1. The first-order valence-corrected chi connectivity index (χ1v) is 7.39. The zero-order chi connectivity index (χ0) is 13.8. The molecule has 106 valence electrons. The van der Waals surface area contributed by atoms with Crippen LogP contribution in [0.25, 0.3) is 0 Å². The molecule has 0 bridgehead atoms. The van der Waals surface area contributed by atoms with Gasteiger partial charge in [-0.15, -0.1) is 0 Å². The molecule has 1 aromatic heterocycles. The van der Waals surface area contributed by atoms with Gasteiger partial charge in [0, 0.05) is 43.1 Å². The first kappa shape index (κ1) is 14.3. The summed E-state index contributed by atoms with van der Waals surface area (Å²) in [5.74, 6) is 0.915. The molecule has 0 N–H and O–H groups in total. The van der Waals surface area contributed by atoms with Crippen LogP contribution in [0.1, 0.15) is 54.9 Å². The molecule has 0 saturated carbocycles. The first-order chi connectivity index (χ1) is 9.09. The van der Waals surface area contributed by atoms with Crippen LogP contribution in [0.4, 0.5) is 0 Å². The highest BCUT2D eigenvalue weighted by molar-refractivity contribution is 5.98. The Hall–Kier alpha value is -1.09. The number of nitrogens with zero attached hydrogens (tertiary/aromatic N) is 1. The fourth-order valence-electron chi connectivity index (χ4n) is 2.75. The molecule has 0 radical (unpaired) electrons. The Morgan fingerprint density at radius 1 is 1.37 bits per heavy atom. The molecule has 0 aromatic carbocycles. The topological polar surface area (TPSA) is 31.2 Å². The molecule has 0 aliphatic heterocycles. The summed E-state index contributed by atoms with van der Waals surface area (Å²) in [6.45, 7) is 9.03. The van der Waals surface area contributed by atoms with Crippen LogP contribution in [-0.2, 0) is 17.7 Å². The van der Waals surface area contributed by atoms with Crippen molar-refractivity contribution in [2.24, 2.45) is 5.92 Å². The van der Waals surface area contributed by atoms with Crippen molar-refractivity contribution in [1.29, 1.82) is 0 Å². The molecular weight excluding hydrogens is 238 g/mol. The molecule has 19 heavy (non-hydrogen) atoms. The highest BCUT2D eigenvalue weighted by atomic mass is 16.5. The van der Waals surface area contributed by atoms with Gasteiger partial charge in [-0.3, -0.25) is 4.79 Å². The van der Waals surface area contributed by atoms with Gasteiger partial charge in [-0.25, -0.2) is 0 Å². The normalized spacial score (nSPS) is 15.1. The molecule has 0 fully saturated rings. The van der Waals surface area contributed by atoms with E-state index >= 15 is 0 Å². The second-order valence-corrected chi connectivity index (χ2v) is 5.90. The van der Waals surface area contributed by atoms with Gasteiger partial charge in [0.15, 0.2) is 5.78 Å². The molecule has 0 unspecified atom stereocenters. The van der Waals surface area contributed by atoms with Crippen LogP contribution in [0.2, 0.25) is 0 Å². The van der Waals surface area contributed by atoms with E-state index < -0.39 is 0 Å². The zero-order valence-corrected chi connectivity index (χ0v) is 12.4. The molecule has 0 saturated heterocycles. The number of hydrogen-bond donors (Lipinski definition) is 0. The number of rotatable bonds is 6. The number of aromatic nitrogens is 1. The molecule has 2 rings (SSSR count). The number of ketones is 1. The summed E-state index contributed by atoms with van der Waals surface area (Å²) < 4.78 is 7.93. The average Bonchev–Trinajstić information content (AvgIpc) is 2.67. The van der Waals surface area contributed by atoms with Crippen LogP contribution in [0.15, 0.2) is 6.07 Å². The maximum absolute atomic E-state index is 11.9. The molecule has 1 aromatic rings. The van der Waals surface area contributed by atoms with Crippen molar-refractivity contribution in [3.8, 4) is 0 Å². The van der Waals surface area contributed by atoms with E-state index in [-0.39, 0.29) is 0 Å². The molecule has 1 heterocycles. The Kier molecular flexibility index (Phi) is 4.81. The largest absolute Gasteiger partial charge is 0.381 e. The SMILES string of the molecule is Cc1cc2c(n1CCCOCC(C)C)CCCC2=O. The van der Waals surface area contributed by atoms with Gasteiger partial charge in [0.25, 0.3) is 0 Å². The van der Waals surface area contributed by atoms with Gasteiger partial charge in [-0.1, -0.05) is 13.8 Å². The van der Waals surface area contributed by atoms with Crippen molar-refractivity contribution in [2.75, 3.05) is 13.2 Å².